The fraction of sp³-hybridized carbons (Fsp3) is 0.417. The Labute approximate surface area is 84.1 Å². The van der Waals surface area contributed by atoms with E-state index in [-0.39, 0.29) is 5.41 Å². The van der Waals surface area contributed by atoms with Crippen molar-refractivity contribution in [2.24, 2.45) is 0 Å². The van der Waals surface area contributed by atoms with Gasteiger partial charge in [-0.25, -0.2) is 0 Å². The summed E-state index contributed by atoms with van der Waals surface area (Å²) in [5.74, 6) is 0. The summed E-state index contributed by atoms with van der Waals surface area (Å²) < 4.78 is 5.15. The number of nitrogens with zero attached hydrogens (tertiary/aromatic N) is 1. The van der Waals surface area contributed by atoms with E-state index in [4.69, 9.17) is 10.00 Å². The van der Waals surface area contributed by atoms with Gasteiger partial charge in [0.2, 0.25) is 0 Å². The number of nitriles is 1. The molecular weight excluding hydrogens is 174 g/mol. The van der Waals surface area contributed by atoms with Crippen molar-refractivity contribution < 1.29 is 4.74 Å². The van der Waals surface area contributed by atoms with Crippen LogP contribution < -0.4 is 0 Å². The van der Waals surface area contributed by atoms with Gasteiger partial charge in [-0.1, -0.05) is 23.8 Å². The van der Waals surface area contributed by atoms with Crippen LogP contribution in [0.3, 0.4) is 0 Å². The molecule has 1 aromatic carbocycles. The first-order valence-electron chi connectivity index (χ1n) is 4.75. The Morgan fingerprint density at radius 2 is 2.07 bits per heavy atom. The lowest BCUT2D eigenvalue weighted by Gasteiger charge is -2.36. The van der Waals surface area contributed by atoms with E-state index in [0.717, 1.165) is 5.56 Å². The van der Waals surface area contributed by atoms with Crippen LogP contribution in [0.25, 0.3) is 0 Å². The van der Waals surface area contributed by atoms with Gasteiger partial charge < -0.3 is 4.74 Å². The molecule has 0 aliphatic carbocycles. The Bertz CT molecular complexity index is 399. The van der Waals surface area contributed by atoms with Crippen LogP contribution in [-0.2, 0) is 10.2 Å². The molecule has 0 atom stereocenters. The third-order valence-corrected chi connectivity index (χ3v) is 2.81. The summed E-state index contributed by atoms with van der Waals surface area (Å²) in [6.45, 7) is 5.19. The highest BCUT2D eigenvalue weighted by molar-refractivity contribution is 5.42. The summed E-state index contributed by atoms with van der Waals surface area (Å²) in [4.78, 5) is 0. The van der Waals surface area contributed by atoms with Crippen LogP contribution in [0.2, 0.25) is 0 Å². The number of hydrogen-bond acceptors (Lipinski definition) is 2. The maximum absolute atomic E-state index is 9.15. The van der Waals surface area contributed by atoms with E-state index in [9.17, 15) is 0 Å². The van der Waals surface area contributed by atoms with Gasteiger partial charge in [0, 0.05) is 0 Å². The summed E-state index contributed by atoms with van der Waals surface area (Å²) in [7, 11) is 0. The minimum absolute atomic E-state index is 0.377. The largest absolute Gasteiger partial charge is 0.377 e. The number of ether oxygens (including phenoxy) is 1. The lowest BCUT2D eigenvalue weighted by Crippen LogP contribution is -2.45. The summed E-state index contributed by atoms with van der Waals surface area (Å²) in [5.41, 5.74) is 3.17. The van der Waals surface area contributed by atoms with Crippen LogP contribution in [-0.4, -0.2) is 13.2 Å². The molecule has 1 aliphatic heterocycles. The fourth-order valence-corrected chi connectivity index (χ4v) is 1.94. The van der Waals surface area contributed by atoms with Gasteiger partial charge in [-0.05, 0) is 25.0 Å². The number of hydrogen-bond donors (Lipinski definition) is 0. The molecule has 2 rings (SSSR count). The van der Waals surface area contributed by atoms with E-state index >= 15 is 0 Å². The second-order valence-electron chi connectivity index (χ2n) is 4.01. The van der Waals surface area contributed by atoms with Gasteiger partial charge in [-0.2, -0.15) is 5.26 Å². The maximum atomic E-state index is 9.15. The molecule has 1 fully saturated rings. The molecule has 0 radical (unpaired) electrons. The molecule has 0 amide bonds. The standard InChI is InChI=1S/C12H13NO/c1-9-3-4-11(10(2)5-9)12(6-13)7-14-8-12/h3-5H,7-8H2,1-2H3. The van der Waals surface area contributed by atoms with E-state index < -0.39 is 0 Å². The number of rotatable bonds is 1. The maximum Gasteiger partial charge on any atom is 0.129 e. The van der Waals surface area contributed by atoms with Gasteiger partial charge in [-0.3, -0.25) is 0 Å². The van der Waals surface area contributed by atoms with Crippen molar-refractivity contribution in [3.05, 3.63) is 34.9 Å². The zero-order chi connectivity index (χ0) is 10.2. The number of aryl methyl sites for hydroxylation is 2. The minimum Gasteiger partial charge on any atom is -0.377 e. The summed E-state index contributed by atoms with van der Waals surface area (Å²) in [5, 5.41) is 9.15. The molecule has 0 aromatic heterocycles. The highest BCUT2D eigenvalue weighted by Gasteiger charge is 2.41. The lowest BCUT2D eigenvalue weighted by atomic mass is 9.78. The van der Waals surface area contributed by atoms with Crippen molar-refractivity contribution in [3.63, 3.8) is 0 Å². The molecule has 1 aliphatic rings. The molecule has 0 bridgehead atoms. The van der Waals surface area contributed by atoms with Crippen LogP contribution in [0.4, 0.5) is 0 Å². The molecule has 0 saturated carbocycles. The predicted molar refractivity (Wildman–Crippen MR) is 54.0 cm³/mol. The third kappa shape index (κ3) is 1.21. The average Bonchev–Trinajstić information content (AvgIpc) is 2.07. The molecule has 14 heavy (non-hydrogen) atoms. The van der Waals surface area contributed by atoms with Crippen molar-refractivity contribution in [1.29, 1.82) is 5.26 Å². The topological polar surface area (TPSA) is 33.0 Å². The molecule has 0 unspecified atom stereocenters. The average molecular weight is 187 g/mol. The molecule has 0 N–H and O–H groups in total. The molecule has 1 aromatic rings. The molecular formula is C12H13NO. The summed E-state index contributed by atoms with van der Waals surface area (Å²) in [6.07, 6.45) is 0. The first-order chi connectivity index (χ1) is 6.68. The van der Waals surface area contributed by atoms with Crippen molar-refractivity contribution in [2.45, 2.75) is 19.3 Å². The third-order valence-electron chi connectivity index (χ3n) is 2.81. The number of benzene rings is 1. The van der Waals surface area contributed by atoms with Crippen LogP contribution in [0.1, 0.15) is 16.7 Å². The Balaban J connectivity index is 2.46. The van der Waals surface area contributed by atoms with Crippen molar-refractivity contribution >= 4 is 0 Å². The smallest absolute Gasteiger partial charge is 0.129 e. The van der Waals surface area contributed by atoms with Gasteiger partial charge in [0.1, 0.15) is 5.41 Å². The molecule has 72 valence electrons. The zero-order valence-electron chi connectivity index (χ0n) is 8.50. The first-order valence-corrected chi connectivity index (χ1v) is 4.75. The van der Waals surface area contributed by atoms with Gasteiger partial charge in [0.05, 0.1) is 19.3 Å². The first kappa shape index (κ1) is 9.23. The van der Waals surface area contributed by atoms with E-state index in [1.54, 1.807) is 0 Å². The SMILES string of the molecule is Cc1ccc(C2(C#N)COC2)c(C)c1. The zero-order valence-corrected chi connectivity index (χ0v) is 8.50. The van der Waals surface area contributed by atoms with E-state index in [2.05, 4.69) is 38.1 Å². The van der Waals surface area contributed by atoms with Crippen LogP contribution in [0.15, 0.2) is 18.2 Å². The van der Waals surface area contributed by atoms with Crippen LogP contribution >= 0.6 is 0 Å². The molecule has 0 spiro atoms. The van der Waals surface area contributed by atoms with E-state index in [1.165, 1.54) is 11.1 Å². The van der Waals surface area contributed by atoms with E-state index in [0.29, 0.717) is 13.2 Å². The van der Waals surface area contributed by atoms with Gasteiger partial charge >= 0.3 is 0 Å². The fourth-order valence-electron chi connectivity index (χ4n) is 1.94. The highest BCUT2D eigenvalue weighted by atomic mass is 16.5. The second-order valence-corrected chi connectivity index (χ2v) is 4.01. The van der Waals surface area contributed by atoms with E-state index in [1.807, 2.05) is 0 Å². The van der Waals surface area contributed by atoms with Gasteiger partial charge in [-0.15, -0.1) is 0 Å². The Morgan fingerprint density at radius 3 is 2.50 bits per heavy atom. The van der Waals surface area contributed by atoms with Crippen molar-refractivity contribution in [2.75, 3.05) is 13.2 Å². The highest BCUT2D eigenvalue weighted by Crippen LogP contribution is 2.33. The minimum atomic E-state index is -0.377. The predicted octanol–water partition coefficient (Wildman–Crippen LogP) is 2.10. The summed E-state index contributed by atoms with van der Waals surface area (Å²) >= 11 is 0. The van der Waals surface area contributed by atoms with Gasteiger partial charge in [0.15, 0.2) is 0 Å². The Kier molecular flexibility index (Phi) is 2.05. The Morgan fingerprint density at radius 1 is 1.36 bits per heavy atom. The monoisotopic (exact) mass is 187 g/mol. The van der Waals surface area contributed by atoms with Crippen LogP contribution in [0, 0.1) is 25.2 Å². The Hall–Kier alpha value is -1.33. The van der Waals surface area contributed by atoms with Crippen molar-refractivity contribution in [3.8, 4) is 6.07 Å². The summed E-state index contributed by atoms with van der Waals surface area (Å²) in [6, 6.07) is 8.59. The van der Waals surface area contributed by atoms with Gasteiger partial charge in [0.25, 0.3) is 0 Å². The quantitative estimate of drug-likeness (QED) is 0.674. The van der Waals surface area contributed by atoms with Crippen molar-refractivity contribution in [1.82, 2.24) is 0 Å². The van der Waals surface area contributed by atoms with Crippen LogP contribution in [0.5, 0.6) is 0 Å². The lowest BCUT2D eigenvalue weighted by molar-refractivity contribution is -0.0300. The molecule has 2 heteroatoms. The normalized spacial score (nSPS) is 18.4. The molecule has 1 heterocycles. The second kappa shape index (κ2) is 3.11. The molecule has 2 nitrogen and oxygen atoms in total. The molecule has 1 saturated heterocycles.